The summed E-state index contributed by atoms with van der Waals surface area (Å²) in [4.78, 5) is 27.4. The number of furan rings is 1. The van der Waals surface area contributed by atoms with Gasteiger partial charge in [-0.05, 0) is 31.9 Å². The van der Waals surface area contributed by atoms with Crippen LogP contribution in [0.4, 0.5) is 5.69 Å². The quantitative estimate of drug-likeness (QED) is 0.798. The number of para-hydroxylation sites is 1. The van der Waals surface area contributed by atoms with Gasteiger partial charge in [0.25, 0.3) is 11.8 Å². The third-order valence-electron chi connectivity index (χ3n) is 5.26. The normalized spacial score (nSPS) is 20.7. The molecule has 29 heavy (non-hydrogen) atoms. The molecule has 3 heterocycles. The van der Waals surface area contributed by atoms with E-state index in [2.05, 4.69) is 5.32 Å². The SMILES string of the molecule is CC(OCC1CCCO1)C(=O)Nc1c(C(=O)N2CCOCC2)oc2ccccc12. The van der Waals surface area contributed by atoms with Crippen LogP contribution in [0.2, 0.25) is 0 Å². The Morgan fingerprint density at radius 1 is 1.24 bits per heavy atom. The molecule has 2 unspecified atom stereocenters. The highest BCUT2D eigenvalue weighted by Crippen LogP contribution is 2.32. The van der Waals surface area contributed by atoms with Gasteiger partial charge in [0.15, 0.2) is 0 Å². The van der Waals surface area contributed by atoms with Crippen molar-refractivity contribution < 1.29 is 28.2 Å². The second-order valence-electron chi connectivity index (χ2n) is 7.31. The van der Waals surface area contributed by atoms with Crippen LogP contribution in [-0.2, 0) is 19.0 Å². The molecule has 156 valence electrons. The highest BCUT2D eigenvalue weighted by Gasteiger charge is 2.29. The van der Waals surface area contributed by atoms with Gasteiger partial charge in [0, 0.05) is 25.1 Å². The molecule has 2 aliphatic rings. The van der Waals surface area contributed by atoms with E-state index in [1.54, 1.807) is 17.9 Å². The first-order valence-electron chi connectivity index (χ1n) is 10.1. The minimum atomic E-state index is -0.681. The Bertz CT molecular complexity index is 867. The lowest BCUT2D eigenvalue weighted by atomic mass is 10.2. The van der Waals surface area contributed by atoms with Gasteiger partial charge in [-0.2, -0.15) is 0 Å². The predicted octanol–water partition coefficient (Wildman–Crippen LogP) is 2.43. The number of ether oxygens (including phenoxy) is 3. The Balaban J connectivity index is 1.51. The molecule has 0 saturated carbocycles. The van der Waals surface area contributed by atoms with Gasteiger partial charge in [0.05, 0.1) is 25.9 Å². The fourth-order valence-electron chi connectivity index (χ4n) is 3.56. The Morgan fingerprint density at radius 3 is 2.79 bits per heavy atom. The average molecular weight is 402 g/mol. The maximum Gasteiger partial charge on any atom is 0.291 e. The first-order chi connectivity index (χ1) is 14.1. The molecule has 0 aliphatic carbocycles. The van der Waals surface area contributed by atoms with Crippen LogP contribution in [0.15, 0.2) is 28.7 Å². The monoisotopic (exact) mass is 402 g/mol. The number of rotatable bonds is 6. The predicted molar refractivity (Wildman–Crippen MR) is 106 cm³/mol. The molecule has 2 amide bonds. The summed E-state index contributed by atoms with van der Waals surface area (Å²) in [5.41, 5.74) is 0.932. The summed E-state index contributed by atoms with van der Waals surface area (Å²) in [5.74, 6) is -0.453. The fraction of sp³-hybridized carbons (Fsp3) is 0.524. The van der Waals surface area contributed by atoms with Crippen LogP contribution in [0, 0.1) is 0 Å². The van der Waals surface area contributed by atoms with E-state index < -0.39 is 6.10 Å². The van der Waals surface area contributed by atoms with Gasteiger partial charge in [0.1, 0.15) is 17.4 Å². The zero-order valence-corrected chi connectivity index (χ0v) is 16.5. The lowest BCUT2D eigenvalue weighted by molar-refractivity contribution is -0.128. The summed E-state index contributed by atoms with van der Waals surface area (Å²) in [6.07, 6.45) is 1.32. The number of morpholine rings is 1. The smallest absolute Gasteiger partial charge is 0.291 e. The molecular formula is C21H26N2O6. The maximum absolute atomic E-state index is 13.0. The van der Waals surface area contributed by atoms with E-state index in [-0.39, 0.29) is 23.7 Å². The molecule has 2 aromatic rings. The van der Waals surface area contributed by atoms with Crippen LogP contribution < -0.4 is 5.32 Å². The van der Waals surface area contributed by atoms with Crippen molar-refractivity contribution in [2.24, 2.45) is 0 Å². The summed E-state index contributed by atoms with van der Waals surface area (Å²) in [5, 5.41) is 3.54. The van der Waals surface area contributed by atoms with Crippen molar-refractivity contribution >= 4 is 28.5 Å². The van der Waals surface area contributed by atoms with Crippen LogP contribution in [-0.4, -0.2) is 68.4 Å². The van der Waals surface area contributed by atoms with Crippen molar-refractivity contribution in [2.75, 3.05) is 44.8 Å². The number of hydrogen-bond acceptors (Lipinski definition) is 6. The van der Waals surface area contributed by atoms with Gasteiger partial charge < -0.3 is 28.8 Å². The van der Waals surface area contributed by atoms with Crippen molar-refractivity contribution in [3.8, 4) is 0 Å². The van der Waals surface area contributed by atoms with E-state index in [9.17, 15) is 9.59 Å². The maximum atomic E-state index is 13.0. The van der Waals surface area contributed by atoms with Gasteiger partial charge in [-0.3, -0.25) is 9.59 Å². The first-order valence-corrected chi connectivity index (χ1v) is 10.1. The number of fused-ring (bicyclic) bond motifs is 1. The van der Waals surface area contributed by atoms with Gasteiger partial charge in [-0.25, -0.2) is 0 Å². The van der Waals surface area contributed by atoms with Crippen molar-refractivity contribution in [3.63, 3.8) is 0 Å². The number of benzene rings is 1. The number of nitrogens with zero attached hydrogens (tertiary/aromatic N) is 1. The van der Waals surface area contributed by atoms with Crippen molar-refractivity contribution in [1.82, 2.24) is 4.90 Å². The summed E-state index contributed by atoms with van der Waals surface area (Å²) in [7, 11) is 0. The number of carbonyl (C=O) groups is 2. The molecule has 1 N–H and O–H groups in total. The van der Waals surface area contributed by atoms with Gasteiger partial charge in [-0.1, -0.05) is 12.1 Å². The molecule has 2 aliphatic heterocycles. The standard InChI is InChI=1S/C21H26N2O6/c1-14(28-13-15-5-4-10-27-15)20(24)22-18-16-6-2-3-7-17(16)29-19(18)21(25)23-8-11-26-12-9-23/h2-3,6-7,14-15H,4-5,8-13H2,1H3,(H,22,24). The Morgan fingerprint density at radius 2 is 2.03 bits per heavy atom. The van der Waals surface area contributed by atoms with Crippen molar-refractivity contribution in [2.45, 2.75) is 32.0 Å². The van der Waals surface area contributed by atoms with Crippen molar-refractivity contribution in [3.05, 3.63) is 30.0 Å². The molecule has 2 saturated heterocycles. The number of nitrogens with one attached hydrogen (secondary N) is 1. The molecule has 8 nitrogen and oxygen atoms in total. The van der Waals surface area contributed by atoms with Crippen LogP contribution in [0.1, 0.15) is 30.3 Å². The van der Waals surface area contributed by atoms with Gasteiger partial charge >= 0.3 is 0 Å². The molecular weight excluding hydrogens is 376 g/mol. The van der Waals surface area contributed by atoms with Gasteiger partial charge in [0.2, 0.25) is 5.76 Å². The van der Waals surface area contributed by atoms with Gasteiger partial charge in [-0.15, -0.1) is 0 Å². The summed E-state index contributed by atoms with van der Waals surface area (Å²) >= 11 is 0. The molecule has 0 bridgehead atoms. The first kappa shape index (κ1) is 19.9. The number of carbonyl (C=O) groups excluding carboxylic acids is 2. The van der Waals surface area contributed by atoms with E-state index in [0.29, 0.717) is 49.6 Å². The molecule has 0 spiro atoms. The second-order valence-corrected chi connectivity index (χ2v) is 7.31. The molecule has 1 aromatic heterocycles. The summed E-state index contributed by atoms with van der Waals surface area (Å²) < 4.78 is 22.4. The molecule has 1 aromatic carbocycles. The largest absolute Gasteiger partial charge is 0.449 e. The fourth-order valence-corrected chi connectivity index (χ4v) is 3.56. The highest BCUT2D eigenvalue weighted by atomic mass is 16.5. The van der Waals surface area contributed by atoms with E-state index in [0.717, 1.165) is 19.4 Å². The molecule has 2 atom stereocenters. The van der Waals surface area contributed by atoms with E-state index >= 15 is 0 Å². The van der Waals surface area contributed by atoms with Crippen molar-refractivity contribution in [1.29, 1.82) is 0 Å². The average Bonchev–Trinajstić information content (AvgIpc) is 3.40. The van der Waals surface area contributed by atoms with Crippen LogP contribution in [0.25, 0.3) is 11.0 Å². The van der Waals surface area contributed by atoms with E-state index in [1.807, 2.05) is 18.2 Å². The Hall–Kier alpha value is -2.42. The molecule has 2 fully saturated rings. The zero-order valence-electron chi connectivity index (χ0n) is 16.5. The Labute approximate surface area is 169 Å². The minimum Gasteiger partial charge on any atom is -0.449 e. The number of amides is 2. The lowest BCUT2D eigenvalue weighted by Gasteiger charge is -2.26. The minimum absolute atomic E-state index is 0.0402. The van der Waals surface area contributed by atoms with E-state index in [1.165, 1.54) is 0 Å². The summed E-state index contributed by atoms with van der Waals surface area (Å²) in [6, 6.07) is 7.27. The van der Waals surface area contributed by atoms with Crippen LogP contribution in [0.3, 0.4) is 0 Å². The third kappa shape index (κ3) is 4.44. The highest BCUT2D eigenvalue weighted by molar-refractivity contribution is 6.11. The summed E-state index contributed by atoms with van der Waals surface area (Å²) in [6.45, 7) is 4.76. The molecule has 0 radical (unpaired) electrons. The number of anilines is 1. The number of hydrogen-bond donors (Lipinski definition) is 1. The van der Waals surface area contributed by atoms with Crippen LogP contribution in [0.5, 0.6) is 0 Å². The second kappa shape index (κ2) is 8.94. The molecule has 4 rings (SSSR count). The van der Waals surface area contributed by atoms with Crippen LogP contribution >= 0.6 is 0 Å². The zero-order chi connectivity index (χ0) is 20.2. The van der Waals surface area contributed by atoms with E-state index in [4.69, 9.17) is 18.6 Å². The third-order valence-corrected chi connectivity index (χ3v) is 5.26. The topological polar surface area (TPSA) is 90.2 Å². The molecule has 8 heteroatoms. The Kier molecular flexibility index (Phi) is 6.13. The lowest BCUT2D eigenvalue weighted by Crippen LogP contribution is -2.41.